The number of carbonyl (C=O) groups excluding carboxylic acids is 1. The number of nitrogens with one attached hydrogen (secondary N) is 1. The number of aryl methyl sites for hydroxylation is 1. The summed E-state index contributed by atoms with van der Waals surface area (Å²) in [6, 6.07) is 0. The lowest BCUT2D eigenvalue weighted by molar-refractivity contribution is 0.0937. The monoisotopic (exact) mass is 289 g/mol. The van der Waals surface area contributed by atoms with Gasteiger partial charge in [-0.25, -0.2) is 0 Å². The largest absolute Gasteiger partial charge is 0.351 e. The zero-order chi connectivity index (χ0) is 13.6. The van der Waals surface area contributed by atoms with Crippen molar-refractivity contribution in [1.29, 1.82) is 0 Å². The van der Waals surface area contributed by atoms with E-state index >= 15 is 0 Å². The average molecular weight is 290 g/mol. The minimum absolute atomic E-state index is 0.0645. The van der Waals surface area contributed by atoms with Crippen molar-refractivity contribution in [2.45, 2.75) is 40.0 Å². The SMILES string of the molecule is CCc1nnsc1C(=O)NCC(C)(C)CCCCl. The van der Waals surface area contributed by atoms with E-state index in [4.69, 9.17) is 11.6 Å². The van der Waals surface area contributed by atoms with Gasteiger partial charge in [-0.05, 0) is 36.2 Å². The molecule has 4 nitrogen and oxygen atoms in total. The Morgan fingerprint density at radius 2 is 2.22 bits per heavy atom. The Kier molecular flexibility index (Phi) is 6.02. The molecule has 18 heavy (non-hydrogen) atoms. The summed E-state index contributed by atoms with van der Waals surface area (Å²) in [7, 11) is 0. The van der Waals surface area contributed by atoms with Crippen molar-refractivity contribution in [2.24, 2.45) is 5.41 Å². The van der Waals surface area contributed by atoms with Gasteiger partial charge >= 0.3 is 0 Å². The molecular formula is C12H20ClN3OS. The average Bonchev–Trinajstić information content (AvgIpc) is 2.82. The quantitative estimate of drug-likeness (QED) is 0.785. The number of hydrogen-bond donors (Lipinski definition) is 1. The lowest BCUT2D eigenvalue weighted by atomic mass is 9.88. The van der Waals surface area contributed by atoms with Gasteiger partial charge in [0.25, 0.3) is 5.91 Å². The van der Waals surface area contributed by atoms with Crippen LogP contribution in [0, 0.1) is 5.41 Å². The molecule has 0 fully saturated rings. The van der Waals surface area contributed by atoms with Crippen molar-refractivity contribution in [3.8, 4) is 0 Å². The van der Waals surface area contributed by atoms with E-state index in [0.717, 1.165) is 36.5 Å². The normalized spacial score (nSPS) is 11.6. The molecule has 1 amide bonds. The fourth-order valence-corrected chi connectivity index (χ4v) is 2.45. The van der Waals surface area contributed by atoms with Gasteiger partial charge < -0.3 is 5.32 Å². The topological polar surface area (TPSA) is 54.9 Å². The Balaban J connectivity index is 2.51. The fourth-order valence-electron chi connectivity index (χ4n) is 1.65. The standard InChI is InChI=1S/C12H20ClN3OS/c1-4-9-10(18-16-15-9)11(17)14-8-12(2,3)6-5-7-13/h4-8H2,1-3H3,(H,14,17). The fraction of sp³-hybridized carbons (Fsp3) is 0.750. The van der Waals surface area contributed by atoms with E-state index in [1.807, 2.05) is 6.92 Å². The first-order valence-electron chi connectivity index (χ1n) is 6.15. The number of alkyl halides is 1. The molecule has 1 heterocycles. The Hall–Kier alpha value is -0.680. The van der Waals surface area contributed by atoms with Crippen molar-refractivity contribution >= 4 is 29.0 Å². The summed E-state index contributed by atoms with van der Waals surface area (Å²) in [5.41, 5.74) is 0.839. The lowest BCUT2D eigenvalue weighted by Crippen LogP contribution is -2.34. The van der Waals surface area contributed by atoms with Crippen molar-refractivity contribution in [2.75, 3.05) is 12.4 Å². The second kappa shape index (κ2) is 7.04. The Morgan fingerprint density at radius 3 is 2.83 bits per heavy atom. The van der Waals surface area contributed by atoms with Crippen LogP contribution in [-0.2, 0) is 6.42 Å². The predicted octanol–water partition coefficient (Wildman–Crippen LogP) is 2.88. The highest BCUT2D eigenvalue weighted by Crippen LogP contribution is 2.22. The summed E-state index contributed by atoms with van der Waals surface area (Å²) in [6.45, 7) is 6.87. The van der Waals surface area contributed by atoms with Crippen molar-refractivity contribution in [1.82, 2.24) is 14.9 Å². The van der Waals surface area contributed by atoms with Gasteiger partial charge in [0.1, 0.15) is 4.88 Å². The highest BCUT2D eigenvalue weighted by Gasteiger charge is 2.21. The molecule has 1 aromatic heterocycles. The highest BCUT2D eigenvalue weighted by molar-refractivity contribution is 7.08. The molecule has 1 N–H and O–H groups in total. The number of rotatable bonds is 7. The van der Waals surface area contributed by atoms with Crippen molar-refractivity contribution < 1.29 is 4.79 Å². The summed E-state index contributed by atoms with van der Waals surface area (Å²) in [4.78, 5) is 12.6. The first-order chi connectivity index (χ1) is 8.50. The van der Waals surface area contributed by atoms with Crippen LogP contribution in [0.3, 0.4) is 0 Å². The molecule has 0 bridgehead atoms. The maximum Gasteiger partial charge on any atom is 0.264 e. The number of nitrogens with zero attached hydrogens (tertiary/aromatic N) is 2. The molecule has 0 unspecified atom stereocenters. The third kappa shape index (κ3) is 4.53. The van der Waals surface area contributed by atoms with Crippen LogP contribution in [0.2, 0.25) is 0 Å². The number of carbonyl (C=O) groups is 1. The second-order valence-corrected chi connectivity index (χ2v) is 6.17. The van der Waals surface area contributed by atoms with Crippen LogP contribution in [0.25, 0.3) is 0 Å². The molecule has 102 valence electrons. The first kappa shape index (κ1) is 15.4. The van der Waals surface area contributed by atoms with Gasteiger partial charge in [-0.1, -0.05) is 25.3 Å². The first-order valence-corrected chi connectivity index (χ1v) is 7.46. The summed E-state index contributed by atoms with van der Waals surface area (Å²) < 4.78 is 3.82. The predicted molar refractivity (Wildman–Crippen MR) is 75.4 cm³/mol. The van der Waals surface area contributed by atoms with Gasteiger partial charge in [0, 0.05) is 12.4 Å². The molecule has 0 aliphatic rings. The molecular weight excluding hydrogens is 270 g/mol. The van der Waals surface area contributed by atoms with E-state index in [9.17, 15) is 4.79 Å². The van der Waals surface area contributed by atoms with Gasteiger partial charge in [-0.3, -0.25) is 4.79 Å². The van der Waals surface area contributed by atoms with Crippen molar-refractivity contribution in [3.63, 3.8) is 0 Å². The molecule has 0 aliphatic heterocycles. The van der Waals surface area contributed by atoms with E-state index in [-0.39, 0.29) is 11.3 Å². The maximum absolute atomic E-state index is 12.0. The Morgan fingerprint density at radius 1 is 1.50 bits per heavy atom. The van der Waals surface area contributed by atoms with Crippen LogP contribution in [0.4, 0.5) is 0 Å². The van der Waals surface area contributed by atoms with Gasteiger partial charge in [-0.2, -0.15) is 0 Å². The molecule has 6 heteroatoms. The zero-order valence-corrected chi connectivity index (χ0v) is 12.7. The third-order valence-electron chi connectivity index (χ3n) is 2.81. The summed E-state index contributed by atoms with van der Waals surface area (Å²) in [5, 5.41) is 6.90. The van der Waals surface area contributed by atoms with Crippen LogP contribution in [0.15, 0.2) is 0 Å². The third-order valence-corrected chi connectivity index (χ3v) is 3.85. The van der Waals surface area contributed by atoms with Gasteiger partial charge in [0.15, 0.2) is 0 Å². The molecule has 0 aromatic carbocycles. The molecule has 1 aromatic rings. The Labute approximate surface area is 117 Å². The minimum Gasteiger partial charge on any atom is -0.351 e. The highest BCUT2D eigenvalue weighted by atomic mass is 35.5. The van der Waals surface area contributed by atoms with Crippen molar-refractivity contribution in [3.05, 3.63) is 10.6 Å². The van der Waals surface area contributed by atoms with Crippen LogP contribution in [0.1, 0.15) is 49.0 Å². The minimum atomic E-state index is -0.0687. The molecule has 0 radical (unpaired) electrons. The van der Waals surface area contributed by atoms with Gasteiger partial charge in [0.2, 0.25) is 0 Å². The van der Waals surface area contributed by atoms with E-state index in [2.05, 4.69) is 28.8 Å². The summed E-state index contributed by atoms with van der Waals surface area (Å²) in [5.74, 6) is 0.594. The van der Waals surface area contributed by atoms with Gasteiger partial charge in [-0.15, -0.1) is 16.7 Å². The second-order valence-electron chi connectivity index (χ2n) is 5.04. The zero-order valence-electron chi connectivity index (χ0n) is 11.1. The molecule has 0 aliphatic carbocycles. The van der Waals surface area contributed by atoms with Crippen LogP contribution in [0.5, 0.6) is 0 Å². The van der Waals surface area contributed by atoms with E-state index in [1.54, 1.807) is 0 Å². The Bertz CT molecular complexity index is 392. The van der Waals surface area contributed by atoms with E-state index in [0.29, 0.717) is 17.3 Å². The summed E-state index contributed by atoms with van der Waals surface area (Å²) in [6.07, 6.45) is 2.69. The molecule has 0 saturated carbocycles. The smallest absolute Gasteiger partial charge is 0.264 e. The lowest BCUT2D eigenvalue weighted by Gasteiger charge is -2.24. The van der Waals surface area contributed by atoms with Crippen LogP contribution >= 0.6 is 23.1 Å². The molecule has 0 saturated heterocycles. The number of halogens is 1. The number of amides is 1. The molecule has 0 spiro atoms. The van der Waals surface area contributed by atoms with Crippen LogP contribution in [-0.4, -0.2) is 27.9 Å². The maximum atomic E-state index is 12.0. The number of aromatic nitrogens is 2. The molecule has 0 atom stereocenters. The van der Waals surface area contributed by atoms with E-state index < -0.39 is 0 Å². The summed E-state index contributed by atoms with van der Waals surface area (Å²) >= 11 is 6.85. The van der Waals surface area contributed by atoms with Gasteiger partial charge in [0.05, 0.1) is 5.69 Å². The number of hydrogen-bond acceptors (Lipinski definition) is 4. The van der Waals surface area contributed by atoms with E-state index in [1.165, 1.54) is 0 Å². The molecule has 1 rings (SSSR count). The van der Waals surface area contributed by atoms with Crippen LogP contribution < -0.4 is 5.32 Å².